The summed E-state index contributed by atoms with van der Waals surface area (Å²) in [5.74, 6) is 0.672. The van der Waals surface area contributed by atoms with E-state index >= 15 is 0 Å². The molecule has 1 aliphatic heterocycles. The van der Waals surface area contributed by atoms with Crippen molar-refractivity contribution in [2.45, 2.75) is 26.8 Å². The molecule has 4 heterocycles. The van der Waals surface area contributed by atoms with Crippen molar-refractivity contribution in [3.8, 4) is 17.1 Å². The van der Waals surface area contributed by atoms with Crippen LogP contribution < -0.4 is 10.6 Å². The molecule has 1 atom stereocenters. The maximum atomic E-state index is 12.6. The predicted molar refractivity (Wildman–Crippen MR) is 152 cm³/mol. The highest BCUT2D eigenvalue weighted by atomic mass is 79.9. The van der Waals surface area contributed by atoms with Gasteiger partial charge < -0.3 is 30.0 Å². The molecule has 0 radical (unpaired) electrons. The molecule has 11 heteroatoms. The lowest BCUT2D eigenvalue weighted by Crippen LogP contribution is -2.41. The van der Waals surface area contributed by atoms with Crippen molar-refractivity contribution < 1.29 is 14.6 Å². The van der Waals surface area contributed by atoms with Gasteiger partial charge in [-0.25, -0.2) is 9.97 Å². The molecule has 1 aromatic carbocycles. The molecule has 4 aromatic rings. The van der Waals surface area contributed by atoms with Gasteiger partial charge in [-0.1, -0.05) is 6.07 Å². The lowest BCUT2D eigenvalue weighted by molar-refractivity contribution is -0.118. The van der Waals surface area contributed by atoms with Crippen molar-refractivity contribution in [2.75, 3.05) is 50.1 Å². The summed E-state index contributed by atoms with van der Waals surface area (Å²) in [7, 11) is 0. The smallest absolute Gasteiger partial charge is 0.238 e. The molecule has 1 aliphatic rings. The highest BCUT2D eigenvalue weighted by Gasteiger charge is 2.19. The van der Waals surface area contributed by atoms with Gasteiger partial charge in [-0.3, -0.25) is 9.69 Å². The van der Waals surface area contributed by atoms with Crippen molar-refractivity contribution in [3.63, 3.8) is 0 Å². The van der Waals surface area contributed by atoms with E-state index in [1.807, 2.05) is 38.1 Å². The number of nitrogens with one attached hydrogen (secondary N) is 3. The maximum Gasteiger partial charge on any atom is 0.238 e. The van der Waals surface area contributed by atoms with Gasteiger partial charge in [-0.05, 0) is 61.0 Å². The molecule has 0 spiro atoms. The molecule has 38 heavy (non-hydrogen) atoms. The number of aliphatic hydroxyl groups is 1. The number of benzene rings is 1. The Morgan fingerprint density at radius 1 is 1.26 bits per heavy atom. The number of carbonyl (C=O) groups is 1. The first-order valence-electron chi connectivity index (χ1n) is 12.7. The van der Waals surface area contributed by atoms with Crippen molar-refractivity contribution in [1.29, 1.82) is 0 Å². The Bertz CT molecular complexity index is 1460. The van der Waals surface area contributed by atoms with Crippen molar-refractivity contribution in [1.82, 2.24) is 24.4 Å². The third-order valence-electron chi connectivity index (χ3n) is 6.68. The average Bonchev–Trinajstić information content (AvgIpc) is 3.46. The van der Waals surface area contributed by atoms with Crippen LogP contribution in [0.5, 0.6) is 0 Å². The van der Waals surface area contributed by atoms with Gasteiger partial charge in [0.15, 0.2) is 5.65 Å². The van der Waals surface area contributed by atoms with Crippen LogP contribution in [0.25, 0.3) is 28.2 Å². The number of morpholine rings is 1. The number of hydrogen-bond acceptors (Lipinski definition) is 7. The van der Waals surface area contributed by atoms with E-state index < -0.39 is 0 Å². The molecule has 0 saturated carbocycles. The Kier molecular flexibility index (Phi) is 7.80. The first kappa shape index (κ1) is 26.4. The summed E-state index contributed by atoms with van der Waals surface area (Å²) >= 11 is 3.56. The lowest BCUT2D eigenvalue weighted by Gasteiger charge is -2.25. The average molecular weight is 583 g/mol. The van der Waals surface area contributed by atoms with E-state index in [9.17, 15) is 9.90 Å². The number of aryl methyl sites for hydroxylation is 1. The summed E-state index contributed by atoms with van der Waals surface area (Å²) in [6.45, 7) is 9.22. The number of pyridine rings is 1. The number of amides is 1. The van der Waals surface area contributed by atoms with Gasteiger partial charge in [-0.2, -0.15) is 0 Å². The SMILES string of the molecule is Cc1cc(-c2nc3ncc(Br)c(N[C@@H](C)CO)c3[nH]2)c(C)n1-c1cccc(NC(=O)CN2CCOCC2)c1. The zero-order valence-electron chi connectivity index (χ0n) is 21.7. The molecule has 1 saturated heterocycles. The Morgan fingerprint density at radius 2 is 2.05 bits per heavy atom. The van der Waals surface area contributed by atoms with Crippen LogP contribution in [0.4, 0.5) is 11.4 Å². The number of aromatic amines is 1. The Labute approximate surface area is 229 Å². The largest absolute Gasteiger partial charge is 0.394 e. The molecule has 200 valence electrons. The zero-order chi connectivity index (χ0) is 26.8. The number of fused-ring (bicyclic) bond motifs is 1. The second kappa shape index (κ2) is 11.2. The number of halogens is 1. The van der Waals surface area contributed by atoms with Crippen LogP contribution in [0.2, 0.25) is 0 Å². The number of rotatable bonds is 8. The molecule has 0 aliphatic carbocycles. The Hall–Kier alpha value is -3.25. The number of anilines is 2. The molecule has 1 amide bonds. The number of H-pyrrole nitrogens is 1. The van der Waals surface area contributed by atoms with Gasteiger partial charge in [-0.15, -0.1) is 0 Å². The van der Waals surface area contributed by atoms with Gasteiger partial charge in [0.1, 0.15) is 11.3 Å². The van der Waals surface area contributed by atoms with Crippen molar-refractivity contribution in [3.05, 3.63) is 52.4 Å². The summed E-state index contributed by atoms with van der Waals surface area (Å²) in [5.41, 5.74) is 6.87. The molecule has 4 N–H and O–H groups in total. The quantitative estimate of drug-likeness (QED) is 0.249. The van der Waals surface area contributed by atoms with Crippen LogP contribution in [0.1, 0.15) is 18.3 Å². The standard InChI is InChI=1S/C27H32BrN7O3/c1-16(15-36)30-24-22(28)13-29-27-25(24)32-26(33-27)21-11-17(2)35(18(21)3)20-6-4-5-19(12-20)31-23(37)14-34-7-9-38-10-8-34/h4-6,11-13,16,36H,7-10,14-15H2,1-3H3,(H,31,37)(H2,29,30,32,33)/t16-/m0/s1. The summed E-state index contributed by atoms with van der Waals surface area (Å²) < 4.78 is 8.31. The number of nitrogens with zero attached hydrogens (tertiary/aromatic N) is 4. The van der Waals surface area contributed by atoms with E-state index in [1.54, 1.807) is 6.20 Å². The minimum Gasteiger partial charge on any atom is -0.394 e. The van der Waals surface area contributed by atoms with Gasteiger partial charge in [0.2, 0.25) is 5.91 Å². The fourth-order valence-electron chi connectivity index (χ4n) is 4.78. The van der Waals surface area contributed by atoms with Crippen LogP contribution in [0, 0.1) is 13.8 Å². The maximum absolute atomic E-state index is 12.6. The summed E-state index contributed by atoms with van der Waals surface area (Å²) in [4.78, 5) is 27.4. The number of ether oxygens (including phenoxy) is 1. The molecule has 10 nitrogen and oxygen atoms in total. The highest BCUT2D eigenvalue weighted by molar-refractivity contribution is 9.10. The van der Waals surface area contributed by atoms with Gasteiger partial charge in [0, 0.05) is 53.7 Å². The molecular weight excluding hydrogens is 550 g/mol. The lowest BCUT2D eigenvalue weighted by atomic mass is 10.2. The Morgan fingerprint density at radius 3 is 2.82 bits per heavy atom. The topological polar surface area (TPSA) is 120 Å². The molecular formula is C27H32BrN7O3. The van der Waals surface area contributed by atoms with Crippen molar-refractivity contribution >= 4 is 44.4 Å². The number of carbonyl (C=O) groups excluding carboxylic acids is 1. The number of aromatic nitrogens is 4. The van der Waals surface area contributed by atoms with Crippen LogP contribution in [-0.2, 0) is 9.53 Å². The summed E-state index contributed by atoms with van der Waals surface area (Å²) in [6, 6.07) is 9.82. The first-order valence-corrected chi connectivity index (χ1v) is 13.4. The second-order valence-corrected chi connectivity index (χ2v) is 10.5. The summed E-state index contributed by atoms with van der Waals surface area (Å²) in [5, 5.41) is 15.9. The minimum atomic E-state index is -0.129. The van der Waals surface area contributed by atoms with E-state index in [0.29, 0.717) is 31.2 Å². The minimum absolute atomic E-state index is 0.00510. The zero-order valence-corrected chi connectivity index (χ0v) is 23.3. The van der Waals surface area contributed by atoms with Gasteiger partial charge >= 0.3 is 0 Å². The van der Waals surface area contributed by atoms with Gasteiger partial charge in [0.05, 0.1) is 36.5 Å². The monoisotopic (exact) mass is 581 g/mol. The number of aliphatic hydroxyl groups excluding tert-OH is 1. The molecule has 5 rings (SSSR count). The van der Waals surface area contributed by atoms with Crippen LogP contribution >= 0.6 is 15.9 Å². The molecule has 1 fully saturated rings. The summed E-state index contributed by atoms with van der Waals surface area (Å²) in [6.07, 6.45) is 1.71. The van der Waals surface area contributed by atoms with Crippen LogP contribution in [0.15, 0.2) is 41.0 Å². The van der Waals surface area contributed by atoms with Crippen LogP contribution in [-0.4, -0.2) is 80.9 Å². The first-order chi connectivity index (χ1) is 18.3. The van der Waals surface area contributed by atoms with E-state index in [-0.39, 0.29) is 18.6 Å². The third kappa shape index (κ3) is 5.46. The molecule has 3 aromatic heterocycles. The van der Waals surface area contributed by atoms with Crippen LogP contribution in [0.3, 0.4) is 0 Å². The fraction of sp³-hybridized carbons (Fsp3) is 0.370. The number of hydrogen-bond donors (Lipinski definition) is 4. The third-order valence-corrected chi connectivity index (χ3v) is 7.28. The van der Waals surface area contributed by atoms with E-state index in [4.69, 9.17) is 9.72 Å². The molecule has 0 unspecified atom stereocenters. The number of imidazole rings is 1. The van der Waals surface area contributed by atoms with Crippen molar-refractivity contribution in [2.24, 2.45) is 0 Å². The fourth-order valence-corrected chi connectivity index (χ4v) is 5.19. The van der Waals surface area contributed by atoms with E-state index in [1.165, 1.54) is 0 Å². The normalized spacial score (nSPS) is 15.1. The second-order valence-electron chi connectivity index (χ2n) is 9.60. The van der Waals surface area contributed by atoms with E-state index in [2.05, 4.69) is 59.0 Å². The molecule has 0 bridgehead atoms. The van der Waals surface area contributed by atoms with E-state index in [0.717, 1.165) is 57.1 Å². The predicted octanol–water partition coefficient (Wildman–Crippen LogP) is 3.86. The highest BCUT2D eigenvalue weighted by Crippen LogP contribution is 2.34. The van der Waals surface area contributed by atoms with Gasteiger partial charge in [0.25, 0.3) is 0 Å². The Balaban J connectivity index is 1.42.